The predicted molar refractivity (Wildman–Crippen MR) is 88.3 cm³/mol. The third kappa shape index (κ3) is 3.85. The molecule has 6 nitrogen and oxygen atoms in total. The molecule has 122 valence electrons. The number of hydrogen-bond donors (Lipinski definition) is 1. The summed E-state index contributed by atoms with van der Waals surface area (Å²) in [6.07, 6.45) is 5.20. The molecule has 1 amide bonds. The Kier molecular flexibility index (Phi) is 4.98. The van der Waals surface area contributed by atoms with Crippen LogP contribution < -0.4 is 15.0 Å². The summed E-state index contributed by atoms with van der Waals surface area (Å²) in [4.78, 5) is 15.5. The number of benzene rings is 1. The van der Waals surface area contributed by atoms with Crippen molar-refractivity contribution in [2.45, 2.75) is 6.73 Å². The minimum atomic E-state index is -0.462. The fourth-order valence-corrected chi connectivity index (χ4v) is 2.32. The van der Waals surface area contributed by atoms with Crippen molar-refractivity contribution in [2.75, 3.05) is 13.2 Å². The van der Waals surface area contributed by atoms with Gasteiger partial charge in [-0.05, 0) is 18.2 Å². The highest BCUT2D eigenvalue weighted by Crippen LogP contribution is 2.22. The summed E-state index contributed by atoms with van der Waals surface area (Å²) in [6, 6.07) is 13.1. The number of ether oxygens (including phenoxy) is 2. The summed E-state index contributed by atoms with van der Waals surface area (Å²) in [6.45, 7) is 1.14. The zero-order valence-electron chi connectivity index (χ0n) is 13.1. The first-order chi connectivity index (χ1) is 11.7. The summed E-state index contributed by atoms with van der Waals surface area (Å²) in [5, 5.41) is 1.04. The molecule has 0 atom stereocenters. The first kappa shape index (κ1) is 15.9. The molecule has 0 fully saturated rings. The number of aromatic nitrogens is 2. The molecule has 0 aliphatic carbocycles. The van der Waals surface area contributed by atoms with E-state index in [1.807, 2.05) is 36.5 Å². The molecule has 24 heavy (non-hydrogen) atoms. The fraction of sp³-hybridized carbons (Fsp3) is 0.167. The Morgan fingerprint density at radius 2 is 2.00 bits per heavy atom. The lowest BCUT2D eigenvalue weighted by Gasteiger charge is -2.08. The molecule has 6 heteroatoms. The minimum Gasteiger partial charge on any atom is -0.489 e. The van der Waals surface area contributed by atoms with Crippen LogP contribution in [0.2, 0.25) is 0 Å². The second-order valence-electron chi connectivity index (χ2n) is 5.19. The summed E-state index contributed by atoms with van der Waals surface area (Å²) < 4.78 is 13.1. The molecule has 2 aromatic heterocycles. The molecule has 0 saturated heterocycles. The number of amides is 1. The highest BCUT2D eigenvalue weighted by Gasteiger charge is 2.07. The van der Waals surface area contributed by atoms with Crippen LogP contribution in [0.4, 0.5) is 0 Å². The maximum Gasteiger partial charge on any atom is 0.254 e. The van der Waals surface area contributed by atoms with Crippen molar-refractivity contribution in [2.24, 2.45) is 5.73 Å². The summed E-state index contributed by atoms with van der Waals surface area (Å²) >= 11 is 0. The van der Waals surface area contributed by atoms with E-state index >= 15 is 0 Å². The van der Waals surface area contributed by atoms with Crippen LogP contribution in [0, 0.1) is 0 Å². The van der Waals surface area contributed by atoms with Crippen LogP contribution in [0.15, 0.2) is 61.1 Å². The Hall–Kier alpha value is -2.99. The van der Waals surface area contributed by atoms with Crippen LogP contribution in [0.3, 0.4) is 0 Å². The molecule has 0 radical (unpaired) electrons. The first-order valence-electron chi connectivity index (χ1n) is 7.57. The smallest absolute Gasteiger partial charge is 0.254 e. The van der Waals surface area contributed by atoms with E-state index < -0.39 is 5.91 Å². The summed E-state index contributed by atoms with van der Waals surface area (Å²) in [5.41, 5.74) is 6.53. The molecule has 0 saturated carbocycles. The predicted octanol–water partition coefficient (Wildman–Crippen LogP) is 1.67. The molecule has 0 aliphatic heterocycles. The lowest BCUT2D eigenvalue weighted by atomic mass is 10.2. The van der Waals surface area contributed by atoms with Crippen molar-refractivity contribution < 1.29 is 18.8 Å². The number of hydrogen-bond acceptors (Lipinski definition) is 4. The normalized spacial score (nSPS) is 10.7. The van der Waals surface area contributed by atoms with Gasteiger partial charge in [-0.25, -0.2) is 0 Å². The van der Waals surface area contributed by atoms with Crippen LogP contribution in [-0.2, 0) is 11.5 Å². The quantitative estimate of drug-likeness (QED) is 0.530. The SMILES string of the molecule is NC(=O)c1ccc[n+](COCCOc2cccc3cccnc23)c1. The molecule has 0 bridgehead atoms. The van der Waals surface area contributed by atoms with Gasteiger partial charge < -0.3 is 15.2 Å². The molecular weight excluding hydrogens is 306 g/mol. The standard InChI is InChI=1S/C18H17N3O3/c19-18(22)15-6-3-9-21(12-15)13-23-10-11-24-16-7-1-4-14-5-2-8-20-17(14)16/h1-9,12H,10-11,13H2,(H-,19,22)/p+1. The third-order valence-corrected chi connectivity index (χ3v) is 3.46. The van der Waals surface area contributed by atoms with E-state index in [1.54, 1.807) is 29.1 Å². The topological polar surface area (TPSA) is 78.3 Å². The van der Waals surface area contributed by atoms with Gasteiger partial charge in [-0.1, -0.05) is 18.2 Å². The fourth-order valence-electron chi connectivity index (χ4n) is 2.32. The second-order valence-corrected chi connectivity index (χ2v) is 5.19. The monoisotopic (exact) mass is 324 g/mol. The van der Waals surface area contributed by atoms with Crippen molar-refractivity contribution >= 4 is 16.8 Å². The van der Waals surface area contributed by atoms with Gasteiger partial charge in [0.1, 0.15) is 23.4 Å². The summed E-state index contributed by atoms with van der Waals surface area (Å²) in [7, 11) is 0. The van der Waals surface area contributed by atoms with Gasteiger partial charge in [0.25, 0.3) is 12.6 Å². The Labute approximate surface area is 139 Å². The van der Waals surface area contributed by atoms with Crippen LogP contribution >= 0.6 is 0 Å². The molecule has 0 unspecified atom stereocenters. The number of carbonyl (C=O) groups excluding carboxylic acids is 1. The molecular formula is C18H18N3O3+. The maximum absolute atomic E-state index is 11.1. The lowest BCUT2D eigenvalue weighted by Crippen LogP contribution is -2.36. The highest BCUT2D eigenvalue weighted by molar-refractivity contribution is 5.92. The molecule has 3 aromatic rings. The number of nitrogens with zero attached hydrogens (tertiary/aromatic N) is 2. The number of fused-ring (bicyclic) bond motifs is 1. The van der Waals surface area contributed by atoms with E-state index in [9.17, 15) is 4.79 Å². The Morgan fingerprint density at radius 1 is 1.12 bits per heavy atom. The van der Waals surface area contributed by atoms with Crippen molar-refractivity contribution in [3.63, 3.8) is 0 Å². The van der Waals surface area contributed by atoms with Gasteiger partial charge in [0.2, 0.25) is 0 Å². The lowest BCUT2D eigenvalue weighted by molar-refractivity contribution is -0.732. The van der Waals surface area contributed by atoms with Crippen LogP contribution in [0.1, 0.15) is 10.4 Å². The number of pyridine rings is 2. The number of carbonyl (C=O) groups is 1. The number of nitrogens with two attached hydrogens (primary N) is 1. The van der Waals surface area contributed by atoms with Gasteiger partial charge in [-0.15, -0.1) is 0 Å². The molecule has 3 rings (SSSR count). The van der Waals surface area contributed by atoms with E-state index in [1.165, 1.54) is 0 Å². The first-order valence-corrected chi connectivity index (χ1v) is 7.57. The molecule has 0 aliphatic rings. The number of primary amides is 1. The van der Waals surface area contributed by atoms with Crippen molar-refractivity contribution in [3.05, 3.63) is 66.6 Å². The second kappa shape index (κ2) is 7.52. The van der Waals surface area contributed by atoms with E-state index in [2.05, 4.69) is 4.98 Å². The van der Waals surface area contributed by atoms with E-state index in [-0.39, 0.29) is 0 Å². The average molecular weight is 324 g/mol. The molecule has 2 heterocycles. The van der Waals surface area contributed by atoms with Gasteiger partial charge in [0.15, 0.2) is 12.4 Å². The Morgan fingerprint density at radius 3 is 2.88 bits per heavy atom. The van der Waals surface area contributed by atoms with Crippen LogP contribution in [-0.4, -0.2) is 24.1 Å². The van der Waals surface area contributed by atoms with Gasteiger partial charge >= 0.3 is 0 Å². The zero-order valence-corrected chi connectivity index (χ0v) is 13.1. The maximum atomic E-state index is 11.1. The third-order valence-electron chi connectivity index (χ3n) is 3.46. The van der Waals surface area contributed by atoms with Crippen molar-refractivity contribution in [1.29, 1.82) is 0 Å². The Balaban J connectivity index is 1.50. The molecule has 0 spiro atoms. The van der Waals surface area contributed by atoms with Crippen molar-refractivity contribution in [1.82, 2.24) is 4.98 Å². The van der Waals surface area contributed by atoms with Crippen LogP contribution in [0.25, 0.3) is 10.9 Å². The zero-order chi connectivity index (χ0) is 16.8. The van der Waals surface area contributed by atoms with E-state index in [0.29, 0.717) is 25.5 Å². The number of para-hydroxylation sites is 1. The van der Waals surface area contributed by atoms with Gasteiger partial charge in [-0.2, -0.15) is 4.57 Å². The largest absolute Gasteiger partial charge is 0.489 e. The number of rotatable bonds is 7. The van der Waals surface area contributed by atoms with Gasteiger partial charge in [0, 0.05) is 17.6 Å². The Bertz CT molecular complexity index is 846. The van der Waals surface area contributed by atoms with Crippen LogP contribution in [0.5, 0.6) is 5.75 Å². The average Bonchev–Trinajstić information content (AvgIpc) is 2.62. The van der Waals surface area contributed by atoms with Gasteiger partial charge in [0.05, 0.1) is 6.61 Å². The summed E-state index contributed by atoms with van der Waals surface area (Å²) in [5.74, 6) is 0.274. The van der Waals surface area contributed by atoms with Crippen molar-refractivity contribution in [3.8, 4) is 5.75 Å². The molecule has 1 aromatic carbocycles. The minimum absolute atomic E-state index is 0.318. The van der Waals surface area contributed by atoms with E-state index in [4.69, 9.17) is 15.2 Å². The van der Waals surface area contributed by atoms with Gasteiger partial charge in [-0.3, -0.25) is 9.78 Å². The highest BCUT2D eigenvalue weighted by atomic mass is 16.5. The molecule has 2 N–H and O–H groups in total. The van der Waals surface area contributed by atoms with E-state index in [0.717, 1.165) is 16.7 Å².